The molecule has 4 rings (SSSR count). The summed E-state index contributed by atoms with van der Waals surface area (Å²) in [4.78, 5) is 24.4. The highest BCUT2D eigenvalue weighted by atomic mass is 32.1. The van der Waals surface area contributed by atoms with Gasteiger partial charge in [-0.05, 0) is 36.1 Å². The summed E-state index contributed by atoms with van der Waals surface area (Å²) in [7, 11) is 0. The molecule has 8 heteroatoms. The van der Waals surface area contributed by atoms with E-state index in [2.05, 4.69) is 10.6 Å². The number of amides is 2. The third kappa shape index (κ3) is 3.34. The highest BCUT2D eigenvalue weighted by molar-refractivity contribution is 7.21. The maximum absolute atomic E-state index is 14.4. The van der Waals surface area contributed by atoms with E-state index in [1.54, 1.807) is 0 Å². The normalized spacial score (nSPS) is 16.2. The van der Waals surface area contributed by atoms with Gasteiger partial charge in [0.1, 0.15) is 11.9 Å². The van der Waals surface area contributed by atoms with Gasteiger partial charge in [0.15, 0.2) is 0 Å². The van der Waals surface area contributed by atoms with Crippen molar-refractivity contribution in [2.75, 3.05) is 11.1 Å². The Labute approximate surface area is 164 Å². The third-order valence-corrected chi connectivity index (χ3v) is 5.84. The predicted octanol–water partition coefficient (Wildman–Crippen LogP) is 1.44. The first-order chi connectivity index (χ1) is 13.4. The number of thiophene rings is 1. The second-order valence-electron chi connectivity index (χ2n) is 6.63. The van der Waals surface area contributed by atoms with Crippen molar-refractivity contribution < 1.29 is 19.4 Å². The molecule has 142 valence electrons. The number of fused-ring (bicyclic) bond motifs is 1. The number of halogens is 1. The predicted molar refractivity (Wildman–Crippen MR) is 108 cm³/mol. The van der Waals surface area contributed by atoms with Gasteiger partial charge < -0.3 is 16.4 Å². The molecule has 1 aliphatic heterocycles. The van der Waals surface area contributed by atoms with E-state index in [4.69, 9.17) is 11.1 Å². The van der Waals surface area contributed by atoms with Crippen LogP contribution in [-0.4, -0.2) is 23.6 Å². The maximum atomic E-state index is 14.4. The number of anilines is 2. The van der Waals surface area contributed by atoms with Crippen LogP contribution < -0.4 is 21.8 Å². The molecule has 2 amide bonds. The van der Waals surface area contributed by atoms with E-state index in [1.165, 1.54) is 17.4 Å². The SMILES string of the molecule is Nc1cc(F)c(NC(=O)[C@H]2CCC(=O)N2)cc1C(=[NH2+])c1cc2ccccc2s1. The first-order valence-electron chi connectivity index (χ1n) is 8.73. The molecule has 1 saturated heterocycles. The fourth-order valence-corrected chi connectivity index (χ4v) is 4.23. The third-order valence-electron chi connectivity index (χ3n) is 4.69. The van der Waals surface area contributed by atoms with Crippen LogP contribution in [0.4, 0.5) is 15.8 Å². The Kier molecular flexibility index (Phi) is 4.56. The van der Waals surface area contributed by atoms with E-state index in [9.17, 15) is 14.0 Å². The minimum atomic E-state index is -0.670. The van der Waals surface area contributed by atoms with Gasteiger partial charge in [-0.1, -0.05) is 18.2 Å². The quantitative estimate of drug-likeness (QED) is 0.395. The van der Waals surface area contributed by atoms with Crippen molar-refractivity contribution in [3.8, 4) is 0 Å². The van der Waals surface area contributed by atoms with Crippen LogP contribution in [0, 0.1) is 5.82 Å². The first-order valence-corrected chi connectivity index (χ1v) is 9.55. The highest BCUT2D eigenvalue weighted by Gasteiger charge is 2.28. The lowest BCUT2D eigenvalue weighted by atomic mass is 10.0. The standard InChI is InChI=1S/C20H17FN4O2S/c21-12-9-13(22)11(8-15(12)25-20(27)14-5-6-18(26)24-14)19(23)17-7-10-3-1-2-4-16(10)28-17/h1-4,7-9,14,23H,5-6,22H2,(H,24,26)(H,25,27)/p+1/t14-/m1/s1. The van der Waals surface area contributed by atoms with E-state index in [1.807, 2.05) is 30.3 Å². The minimum absolute atomic E-state index is 0.0283. The molecule has 1 aromatic heterocycles. The summed E-state index contributed by atoms with van der Waals surface area (Å²) >= 11 is 1.51. The molecule has 0 bridgehead atoms. The average Bonchev–Trinajstić information content (AvgIpc) is 3.29. The van der Waals surface area contributed by atoms with Gasteiger partial charge in [-0.2, -0.15) is 0 Å². The molecule has 1 aliphatic rings. The van der Waals surface area contributed by atoms with Gasteiger partial charge in [-0.15, -0.1) is 11.3 Å². The molecule has 6 N–H and O–H groups in total. The highest BCUT2D eigenvalue weighted by Crippen LogP contribution is 2.30. The summed E-state index contributed by atoms with van der Waals surface area (Å²) < 4.78 is 15.4. The van der Waals surface area contributed by atoms with Crippen LogP contribution >= 0.6 is 11.3 Å². The maximum Gasteiger partial charge on any atom is 0.247 e. The van der Waals surface area contributed by atoms with Gasteiger partial charge in [-0.3, -0.25) is 15.0 Å². The zero-order valence-corrected chi connectivity index (χ0v) is 15.6. The van der Waals surface area contributed by atoms with Crippen LogP contribution in [0.1, 0.15) is 23.3 Å². The number of benzene rings is 2. The van der Waals surface area contributed by atoms with E-state index >= 15 is 0 Å². The summed E-state index contributed by atoms with van der Waals surface area (Å²) in [6.45, 7) is 0. The second-order valence-corrected chi connectivity index (χ2v) is 7.71. The number of nitrogen functional groups attached to an aromatic ring is 1. The molecule has 0 unspecified atom stereocenters. The summed E-state index contributed by atoms with van der Waals surface area (Å²) in [5, 5.41) is 12.5. The number of carbonyl (C=O) groups excluding carboxylic acids is 2. The van der Waals surface area contributed by atoms with Crippen LogP contribution in [0.2, 0.25) is 0 Å². The molecule has 1 fully saturated rings. The second kappa shape index (κ2) is 7.05. The van der Waals surface area contributed by atoms with E-state index in [-0.39, 0.29) is 23.7 Å². The molecule has 6 nitrogen and oxygen atoms in total. The number of hydrogen-bond donors (Lipinski definition) is 4. The fraction of sp³-hybridized carbons (Fsp3) is 0.150. The monoisotopic (exact) mass is 397 g/mol. The molecule has 2 heterocycles. The van der Waals surface area contributed by atoms with Crippen LogP contribution in [0.5, 0.6) is 0 Å². The van der Waals surface area contributed by atoms with Crippen molar-refractivity contribution in [1.82, 2.24) is 5.32 Å². The minimum Gasteiger partial charge on any atom is -0.398 e. The van der Waals surface area contributed by atoms with E-state index in [0.29, 0.717) is 17.7 Å². The largest absolute Gasteiger partial charge is 0.398 e. The number of nitrogens with one attached hydrogen (secondary N) is 2. The molecule has 1 atom stereocenters. The Hall–Kier alpha value is -3.26. The van der Waals surface area contributed by atoms with Crippen LogP contribution in [-0.2, 0) is 9.59 Å². The fourth-order valence-electron chi connectivity index (χ4n) is 3.20. The lowest BCUT2D eigenvalue weighted by molar-refractivity contribution is -0.122. The molecule has 0 aliphatic carbocycles. The number of nitrogens with two attached hydrogens (primary N) is 2. The molecular weight excluding hydrogens is 379 g/mol. The summed E-state index contributed by atoms with van der Waals surface area (Å²) in [6.07, 6.45) is 0.657. The Morgan fingerprint density at radius 1 is 1.29 bits per heavy atom. The Morgan fingerprint density at radius 2 is 2.07 bits per heavy atom. The Morgan fingerprint density at radius 3 is 2.79 bits per heavy atom. The first kappa shape index (κ1) is 18.1. The lowest BCUT2D eigenvalue weighted by Gasteiger charge is -2.13. The summed E-state index contributed by atoms with van der Waals surface area (Å²) in [6, 6.07) is 11.7. The van der Waals surface area contributed by atoms with Crippen molar-refractivity contribution >= 4 is 50.3 Å². The number of hydrogen-bond acceptors (Lipinski definition) is 4. The smallest absolute Gasteiger partial charge is 0.247 e. The Bertz CT molecular complexity index is 1090. The van der Waals surface area contributed by atoms with Crippen molar-refractivity contribution in [3.63, 3.8) is 0 Å². The lowest BCUT2D eigenvalue weighted by Crippen LogP contribution is -2.41. The van der Waals surface area contributed by atoms with Crippen molar-refractivity contribution in [3.05, 3.63) is 58.7 Å². The molecule has 0 saturated carbocycles. The van der Waals surface area contributed by atoms with Gasteiger partial charge in [0.05, 0.1) is 16.1 Å². The Balaban J connectivity index is 1.63. The molecule has 0 spiro atoms. The van der Waals surface area contributed by atoms with Crippen molar-refractivity contribution in [2.45, 2.75) is 18.9 Å². The van der Waals surface area contributed by atoms with Crippen LogP contribution in [0.15, 0.2) is 42.5 Å². The van der Waals surface area contributed by atoms with Crippen molar-refractivity contribution in [1.29, 1.82) is 0 Å². The van der Waals surface area contributed by atoms with Gasteiger partial charge in [-0.25, -0.2) is 4.39 Å². The molecule has 0 radical (unpaired) electrons. The molecule has 2 aromatic carbocycles. The van der Waals surface area contributed by atoms with E-state index in [0.717, 1.165) is 21.0 Å². The van der Waals surface area contributed by atoms with Crippen LogP contribution in [0.3, 0.4) is 0 Å². The van der Waals surface area contributed by atoms with Gasteiger partial charge in [0.2, 0.25) is 17.5 Å². The van der Waals surface area contributed by atoms with Crippen molar-refractivity contribution in [2.24, 2.45) is 0 Å². The molecular formula is C20H18FN4O2S+. The van der Waals surface area contributed by atoms with Crippen LogP contribution in [0.25, 0.3) is 10.1 Å². The molecule has 28 heavy (non-hydrogen) atoms. The number of rotatable bonds is 4. The van der Waals surface area contributed by atoms with Gasteiger partial charge in [0.25, 0.3) is 0 Å². The zero-order valence-electron chi connectivity index (χ0n) is 14.8. The number of carbonyl (C=O) groups is 2. The summed E-state index contributed by atoms with van der Waals surface area (Å²) in [5.74, 6) is -1.33. The van der Waals surface area contributed by atoms with Gasteiger partial charge in [0, 0.05) is 16.8 Å². The van der Waals surface area contributed by atoms with Gasteiger partial charge >= 0.3 is 0 Å². The molecule has 3 aromatic rings. The summed E-state index contributed by atoms with van der Waals surface area (Å²) in [5.41, 5.74) is 6.99. The average molecular weight is 397 g/mol. The van der Waals surface area contributed by atoms with E-state index < -0.39 is 17.8 Å². The zero-order chi connectivity index (χ0) is 19.8. The topological polar surface area (TPSA) is 110 Å².